The number of carboxylic acids is 1. The van der Waals surface area contributed by atoms with Gasteiger partial charge < -0.3 is 15.3 Å². The Labute approximate surface area is 100 Å². The molecule has 3 N–H and O–H groups in total. The Hall–Kier alpha value is -1.92. The molecule has 1 unspecified atom stereocenters. The number of hydrogen-bond acceptors (Lipinski definition) is 3. The van der Waals surface area contributed by atoms with Crippen LogP contribution in [-0.4, -0.2) is 21.3 Å². The standard InChI is InChI=1S/C11H11F3O4/c1-5(10(17)18)4-6-2-3-7(11(12,13)14)9(16)8(6)15/h2-3,5,15-16H,4H2,1H3,(H,17,18). The Kier molecular flexibility index (Phi) is 3.73. The van der Waals surface area contributed by atoms with Gasteiger partial charge in [0.15, 0.2) is 11.5 Å². The smallest absolute Gasteiger partial charge is 0.420 e. The third-order valence-corrected chi connectivity index (χ3v) is 2.49. The molecule has 0 aliphatic heterocycles. The molecule has 1 atom stereocenters. The number of rotatable bonds is 3. The monoisotopic (exact) mass is 264 g/mol. The molecule has 0 amide bonds. The average molecular weight is 264 g/mol. The number of benzene rings is 1. The zero-order valence-electron chi connectivity index (χ0n) is 9.32. The fraction of sp³-hybridized carbons (Fsp3) is 0.364. The highest BCUT2D eigenvalue weighted by Crippen LogP contribution is 2.42. The molecule has 0 heterocycles. The van der Waals surface area contributed by atoms with E-state index >= 15 is 0 Å². The highest BCUT2D eigenvalue weighted by atomic mass is 19.4. The van der Waals surface area contributed by atoms with Gasteiger partial charge in [-0.2, -0.15) is 13.2 Å². The van der Waals surface area contributed by atoms with Gasteiger partial charge in [-0.05, 0) is 18.1 Å². The number of carboxylic acid groups (broad SMARTS) is 1. The number of carbonyl (C=O) groups is 1. The van der Waals surface area contributed by atoms with Gasteiger partial charge in [-0.25, -0.2) is 0 Å². The first-order valence-electron chi connectivity index (χ1n) is 4.98. The average Bonchev–Trinajstić information content (AvgIpc) is 2.22. The van der Waals surface area contributed by atoms with Crippen LogP contribution in [0.15, 0.2) is 12.1 Å². The zero-order valence-corrected chi connectivity index (χ0v) is 9.32. The van der Waals surface area contributed by atoms with Crippen LogP contribution in [0.2, 0.25) is 0 Å². The third-order valence-electron chi connectivity index (χ3n) is 2.49. The predicted molar refractivity (Wildman–Crippen MR) is 55.3 cm³/mol. The molecule has 4 nitrogen and oxygen atoms in total. The quantitative estimate of drug-likeness (QED) is 0.732. The SMILES string of the molecule is CC(Cc1ccc(C(F)(F)F)c(O)c1O)C(=O)O. The van der Waals surface area contributed by atoms with E-state index in [9.17, 15) is 28.2 Å². The Morgan fingerprint density at radius 3 is 2.28 bits per heavy atom. The Balaban J connectivity index is 3.13. The second-order valence-electron chi connectivity index (χ2n) is 3.91. The van der Waals surface area contributed by atoms with Gasteiger partial charge in [0.2, 0.25) is 0 Å². The van der Waals surface area contributed by atoms with Crippen molar-refractivity contribution in [1.82, 2.24) is 0 Å². The lowest BCUT2D eigenvalue weighted by atomic mass is 9.98. The van der Waals surface area contributed by atoms with Gasteiger partial charge in [0.25, 0.3) is 0 Å². The van der Waals surface area contributed by atoms with E-state index < -0.39 is 35.1 Å². The van der Waals surface area contributed by atoms with E-state index in [1.54, 1.807) is 0 Å². The highest BCUT2D eigenvalue weighted by molar-refractivity contribution is 5.70. The number of aromatic hydroxyl groups is 2. The summed E-state index contributed by atoms with van der Waals surface area (Å²) >= 11 is 0. The Morgan fingerprint density at radius 1 is 1.28 bits per heavy atom. The molecule has 0 saturated heterocycles. The fourth-order valence-electron chi connectivity index (χ4n) is 1.43. The van der Waals surface area contributed by atoms with Crippen LogP contribution in [0, 0.1) is 5.92 Å². The fourth-order valence-corrected chi connectivity index (χ4v) is 1.43. The summed E-state index contributed by atoms with van der Waals surface area (Å²) in [4.78, 5) is 10.6. The van der Waals surface area contributed by atoms with Crippen molar-refractivity contribution in [3.05, 3.63) is 23.3 Å². The first-order valence-corrected chi connectivity index (χ1v) is 4.98. The maximum Gasteiger partial charge on any atom is 0.420 e. The van der Waals surface area contributed by atoms with E-state index in [2.05, 4.69) is 0 Å². The van der Waals surface area contributed by atoms with Crippen LogP contribution in [-0.2, 0) is 17.4 Å². The lowest BCUT2D eigenvalue weighted by Crippen LogP contribution is -2.13. The summed E-state index contributed by atoms with van der Waals surface area (Å²) in [6, 6.07) is 1.57. The van der Waals surface area contributed by atoms with Gasteiger partial charge in [-0.15, -0.1) is 0 Å². The van der Waals surface area contributed by atoms with Crippen LogP contribution in [0.4, 0.5) is 13.2 Å². The highest BCUT2D eigenvalue weighted by Gasteiger charge is 2.35. The summed E-state index contributed by atoms with van der Waals surface area (Å²) in [7, 11) is 0. The lowest BCUT2D eigenvalue weighted by Gasteiger charge is -2.14. The molecule has 100 valence electrons. The molecule has 0 saturated carbocycles. The molecule has 0 aliphatic carbocycles. The van der Waals surface area contributed by atoms with Crippen molar-refractivity contribution in [2.24, 2.45) is 5.92 Å². The van der Waals surface area contributed by atoms with Gasteiger partial charge >= 0.3 is 12.1 Å². The van der Waals surface area contributed by atoms with Crippen molar-refractivity contribution in [2.45, 2.75) is 19.5 Å². The second kappa shape index (κ2) is 4.75. The molecule has 0 radical (unpaired) electrons. The van der Waals surface area contributed by atoms with Gasteiger partial charge in [0.05, 0.1) is 5.92 Å². The number of aliphatic carboxylic acids is 1. The number of phenolic OH excluding ortho intramolecular Hbond substituents is 2. The topological polar surface area (TPSA) is 77.8 Å². The largest absolute Gasteiger partial charge is 0.504 e. The van der Waals surface area contributed by atoms with Crippen LogP contribution in [0.1, 0.15) is 18.1 Å². The van der Waals surface area contributed by atoms with E-state index in [0.717, 1.165) is 6.07 Å². The summed E-state index contributed by atoms with van der Waals surface area (Å²) in [5.41, 5.74) is -1.40. The van der Waals surface area contributed by atoms with E-state index in [-0.39, 0.29) is 12.0 Å². The maximum absolute atomic E-state index is 12.4. The van der Waals surface area contributed by atoms with Gasteiger partial charge in [0.1, 0.15) is 5.56 Å². The van der Waals surface area contributed by atoms with Crippen molar-refractivity contribution < 1.29 is 33.3 Å². The molecule has 7 heteroatoms. The first kappa shape index (κ1) is 14.1. The lowest BCUT2D eigenvalue weighted by molar-refractivity contribution is -0.141. The van der Waals surface area contributed by atoms with Crippen LogP contribution in [0.25, 0.3) is 0 Å². The molecule has 1 rings (SSSR count). The maximum atomic E-state index is 12.4. The van der Waals surface area contributed by atoms with Crippen LogP contribution in [0.3, 0.4) is 0 Å². The Morgan fingerprint density at radius 2 is 1.83 bits per heavy atom. The zero-order chi connectivity index (χ0) is 14.1. The van der Waals surface area contributed by atoms with Gasteiger partial charge in [-0.3, -0.25) is 4.79 Å². The normalized spacial score (nSPS) is 13.3. The molecule has 18 heavy (non-hydrogen) atoms. The summed E-state index contributed by atoms with van der Waals surface area (Å²) in [6.07, 6.45) is -4.95. The molecule has 0 aliphatic rings. The summed E-state index contributed by atoms with van der Waals surface area (Å²) in [6.45, 7) is 1.34. The molecule has 0 spiro atoms. The summed E-state index contributed by atoms with van der Waals surface area (Å²) < 4.78 is 37.2. The molecule has 0 aromatic heterocycles. The van der Waals surface area contributed by atoms with Crippen molar-refractivity contribution >= 4 is 5.97 Å². The predicted octanol–water partition coefficient (Wildman–Crippen LogP) is 2.38. The third kappa shape index (κ3) is 2.85. The van der Waals surface area contributed by atoms with E-state index in [1.165, 1.54) is 6.92 Å². The minimum atomic E-state index is -4.78. The van der Waals surface area contributed by atoms with E-state index in [4.69, 9.17) is 5.11 Å². The minimum Gasteiger partial charge on any atom is -0.504 e. The van der Waals surface area contributed by atoms with Crippen molar-refractivity contribution in [3.8, 4) is 11.5 Å². The van der Waals surface area contributed by atoms with Crippen LogP contribution < -0.4 is 0 Å². The van der Waals surface area contributed by atoms with E-state index in [0.29, 0.717) is 6.07 Å². The molecule has 0 fully saturated rings. The second-order valence-corrected chi connectivity index (χ2v) is 3.91. The molecule has 1 aromatic carbocycles. The van der Waals surface area contributed by atoms with Crippen LogP contribution in [0.5, 0.6) is 11.5 Å². The van der Waals surface area contributed by atoms with Gasteiger partial charge in [0, 0.05) is 0 Å². The number of hydrogen-bond donors (Lipinski definition) is 3. The number of alkyl halides is 3. The van der Waals surface area contributed by atoms with Crippen LogP contribution >= 0.6 is 0 Å². The number of phenols is 2. The minimum absolute atomic E-state index is 0.0459. The molecule has 0 bridgehead atoms. The summed E-state index contributed by atoms with van der Waals surface area (Å²) in [5, 5.41) is 27.3. The van der Waals surface area contributed by atoms with Crippen molar-refractivity contribution in [3.63, 3.8) is 0 Å². The van der Waals surface area contributed by atoms with Crippen molar-refractivity contribution in [1.29, 1.82) is 0 Å². The van der Waals surface area contributed by atoms with Gasteiger partial charge in [-0.1, -0.05) is 13.0 Å². The first-order chi connectivity index (χ1) is 8.14. The van der Waals surface area contributed by atoms with E-state index in [1.807, 2.05) is 0 Å². The summed E-state index contributed by atoms with van der Waals surface area (Å²) in [5.74, 6) is -4.24. The Bertz CT molecular complexity index is 468. The molecule has 1 aromatic rings. The number of halogens is 3. The van der Waals surface area contributed by atoms with Crippen molar-refractivity contribution in [2.75, 3.05) is 0 Å². The molecular formula is C11H11F3O4. The molecular weight excluding hydrogens is 253 g/mol.